The molecule has 1 amide bonds. The number of halogens is 1. The quantitative estimate of drug-likeness (QED) is 0.684. The molecule has 0 aliphatic carbocycles. The zero-order chi connectivity index (χ0) is 18.1. The molecule has 3 aromatic rings. The summed E-state index contributed by atoms with van der Waals surface area (Å²) in [5, 5.41) is 1.65. The molecule has 1 saturated heterocycles. The summed E-state index contributed by atoms with van der Waals surface area (Å²) >= 11 is 6.10. The van der Waals surface area contributed by atoms with Crippen molar-refractivity contribution < 1.29 is 4.79 Å². The van der Waals surface area contributed by atoms with E-state index in [1.54, 1.807) is 0 Å². The van der Waals surface area contributed by atoms with Crippen molar-refractivity contribution in [2.24, 2.45) is 0 Å². The van der Waals surface area contributed by atoms with Crippen LogP contribution in [0.15, 0.2) is 54.6 Å². The van der Waals surface area contributed by atoms with Crippen molar-refractivity contribution in [3.8, 4) is 0 Å². The Morgan fingerprint density at radius 1 is 1.00 bits per heavy atom. The lowest BCUT2D eigenvalue weighted by Crippen LogP contribution is -2.48. The SMILES string of the molecule is Cc1cc(C(=O)N2CCN(c3cccc(Cl)c3)CC2)c2ccccc2n1. The van der Waals surface area contributed by atoms with Crippen LogP contribution < -0.4 is 4.90 Å². The van der Waals surface area contributed by atoms with Gasteiger partial charge in [0.15, 0.2) is 0 Å². The van der Waals surface area contributed by atoms with E-state index in [0.29, 0.717) is 13.1 Å². The molecule has 1 aromatic heterocycles. The highest BCUT2D eigenvalue weighted by molar-refractivity contribution is 6.30. The first-order valence-electron chi connectivity index (χ1n) is 8.78. The number of aryl methyl sites for hydroxylation is 1. The number of hydrogen-bond acceptors (Lipinski definition) is 3. The molecule has 4 nitrogen and oxygen atoms in total. The van der Waals surface area contributed by atoms with E-state index in [0.717, 1.165) is 46.0 Å². The Balaban J connectivity index is 1.54. The van der Waals surface area contributed by atoms with Crippen LogP contribution in [0.25, 0.3) is 10.9 Å². The maximum Gasteiger partial charge on any atom is 0.254 e. The Bertz CT molecular complexity index is 964. The van der Waals surface area contributed by atoms with E-state index in [9.17, 15) is 4.79 Å². The molecule has 1 aliphatic rings. The first kappa shape index (κ1) is 16.9. The van der Waals surface area contributed by atoms with Gasteiger partial charge in [0.2, 0.25) is 0 Å². The Kier molecular flexibility index (Phi) is 4.51. The second-order valence-electron chi connectivity index (χ2n) is 6.59. The molecule has 1 fully saturated rings. The summed E-state index contributed by atoms with van der Waals surface area (Å²) in [6, 6.07) is 17.6. The molecule has 0 bridgehead atoms. The highest BCUT2D eigenvalue weighted by Gasteiger charge is 2.24. The minimum atomic E-state index is 0.0810. The number of amides is 1. The summed E-state index contributed by atoms with van der Waals surface area (Å²) in [5.74, 6) is 0.0810. The average molecular weight is 366 g/mol. The maximum absolute atomic E-state index is 13.1. The summed E-state index contributed by atoms with van der Waals surface area (Å²) in [6.07, 6.45) is 0. The highest BCUT2D eigenvalue weighted by atomic mass is 35.5. The second kappa shape index (κ2) is 6.96. The van der Waals surface area contributed by atoms with Gasteiger partial charge in [-0.25, -0.2) is 0 Å². The lowest BCUT2D eigenvalue weighted by molar-refractivity contribution is 0.0748. The third-order valence-electron chi connectivity index (χ3n) is 4.81. The van der Waals surface area contributed by atoms with Gasteiger partial charge >= 0.3 is 0 Å². The van der Waals surface area contributed by atoms with Crippen LogP contribution in [0.5, 0.6) is 0 Å². The van der Waals surface area contributed by atoms with Gasteiger partial charge in [-0.3, -0.25) is 9.78 Å². The van der Waals surface area contributed by atoms with Gasteiger partial charge in [-0.1, -0.05) is 35.9 Å². The van der Waals surface area contributed by atoms with E-state index in [2.05, 4.69) is 16.0 Å². The van der Waals surface area contributed by atoms with Crippen LogP contribution >= 0.6 is 11.6 Å². The predicted molar refractivity (Wildman–Crippen MR) is 106 cm³/mol. The second-order valence-corrected chi connectivity index (χ2v) is 7.02. The fourth-order valence-electron chi connectivity index (χ4n) is 3.50. The minimum absolute atomic E-state index is 0.0810. The molecule has 5 heteroatoms. The van der Waals surface area contributed by atoms with Gasteiger partial charge in [0, 0.05) is 48.0 Å². The molecular weight excluding hydrogens is 346 g/mol. The number of benzene rings is 2. The topological polar surface area (TPSA) is 36.4 Å². The third-order valence-corrected chi connectivity index (χ3v) is 5.05. The van der Waals surface area contributed by atoms with E-state index in [4.69, 9.17) is 11.6 Å². The molecule has 0 unspecified atom stereocenters. The zero-order valence-corrected chi connectivity index (χ0v) is 15.4. The number of hydrogen-bond donors (Lipinski definition) is 0. The number of anilines is 1. The molecule has 2 aromatic carbocycles. The summed E-state index contributed by atoms with van der Waals surface area (Å²) in [7, 11) is 0. The smallest absolute Gasteiger partial charge is 0.254 e. The van der Waals surface area contributed by atoms with Crippen molar-refractivity contribution in [1.29, 1.82) is 0 Å². The molecule has 26 heavy (non-hydrogen) atoms. The van der Waals surface area contributed by atoms with E-state index in [1.807, 2.05) is 60.4 Å². The number of para-hydroxylation sites is 1. The lowest BCUT2D eigenvalue weighted by Gasteiger charge is -2.36. The summed E-state index contributed by atoms with van der Waals surface area (Å²) in [6.45, 7) is 4.92. The molecule has 0 spiro atoms. The van der Waals surface area contributed by atoms with Gasteiger partial charge in [0.25, 0.3) is 5.91 Å². The normalized spacial score (nSPS) is 14.7. The number of carbonyl (C=O) groups excluding carboxylic acids is 1. The maximum atomic E-state index is 13.1. The number of nitrogens with zero attached hydrogens (tertiary/aromatic N) is 3. The van der Waals surface area contributed by atoms with Gasteiger partial charge in [-0.15, -0.1) is 0 Å². The van der Waals surface area contributed by atoms with Gasteiger partial charge in [-0.05, 0) is 37.3 Å². The lowest BCUT2D eigenvalue weighted by atomic mass is 10.1. The van der Waals surface area contributed by atoms with Gasteiger partial charge in [0.1, 0.15) is 0 Å². The van der Waals surface area contributed by atoms with Crippen LogP contribution in [0, 0.1) is 6.92 Å². The van der Waals surface area contributed by atoms with Crippen LogP contribution in [0.2, 0.25) is 5.02 Å². The number of rotatable bonds is 2. The van der Waals surface area contributed by atoms with Gasteiger partial charge in [0.05, 0.1) is 11.1 Å². The van der Waals surface area contributed by atoms with Crippen molar-refractivity contribution >= 4 is 34.1 Å². The number of carbonyl (C=O) groups is 1. The van der Waals surface area contributed by atoms with Crippen molar-refractivity contribution in [3.63, 3.8) is 0 Å². The van der Waals surface area contributed by atoms with E-state index in [1.165, 1.54) is 0 Å². The number of aromatic nitrogens is 1. The molecule has 0 saturated carbocycles. The van der Waals surface area contributed by atoms with Crippen LogP contribution in [0.1, 0.15) is 16.1 Å². The van der Waals surface area contributed by atoms with E-state index < -0.39 is 0 Å². The van der Waals surface area contributed by atoms with Crippen LogP contribution in [0.4, 0.5) is 5.69 Å². The molecule has 0 atom stereocenters. The minimum Gasteiger partial charge on any atom is -0.368 e. The molecule has 1 aliphatic heterocycles. The van der Waals surface area contributed by atoms with E-state index >= 15 is 0 Å². The average Bonchev–Trinajstić information content (AvgIpc) is 2.67. The predicted octanol–water partition coefficient (Wildman–Crippen LogP) is 4.16. The fraction of sp³-hybridized carbons (Fsp3) is 0.238. The molecular formula is C21H20ClN3O. The number of fused-ring (bicyclic) bond motifs is 1. The molecule has 2 heterocycles. The van der Waals surface area contributed by atoms with Crippen molar-refractivity contribution in [2.75, 3.05) is 31.1 Å². The molecule has 4 rings (SSSR count). The molecule has 132 valence electrons. The van der Waals surface area contributed by atoms with Crippen LogP contribution in [-0.4, -0.2) is 42.0 Å². The first-order chi connectivity index (χ1) is 12.6. The Labute approximate surface area is 158 Å². The monoisotopic (exact) mass is 365 g/mol. The Morgan fingerprint density at radius 3 is 2.54 bits per heavy atom. The van der Waals surface area contributed by atoms with Crippen molar-refractivity contribution in [3.05, 3.63) is 70.9 Å². The standard InChI is InChI=1S/C21H20ClN3O/c1-15-13-19(18-7-2-3-8-20(18)23-15)21(26)25-11-9-24(10-12-25)17-6-4-5-16(22)14-17/h2-8,13-14H,9-12H2,1H3. The number of piperazine rings is 1. The summed E-state index contributed by atoms with van der Waals surface area (Å²) < 4.78 is 0. The van der Waals surface area contributed by atoms with Gasteiger partial charge in [-0.2, -0.15) is 0 Å². The van der Waals surface area contributed by atoms with Crippen molar-refractivity contribution in [2.45, 2.75) is 6.92 Å². The summed E-state index contributed by atoms with van der Waals surface area (Å²) in [4.78, 5) is 21.9. The highest BCUT2D eigenvalue weighted by Crippen LogP contribution is 2.23. The van der Waals surface area contributed by atoms with Crippen molar-refractivity contribution in [1.82, 2.24) is 9.88 Å². The third kappa shape index (κ3) is 3.25. The Morgan fingerprint density at radius 2 is 1.77 bits per heavy atom. The number of pyridine rings is 1. The van der Waals surface area contributed by atoms with Gasteiger partial charge < -0.3 is 9.80 Å². The molecule has 0 N–H and O–H groups in total. The van der Waals surface area contributed by atoms with Crippen LogP contribution in [0.3, 0.4) is 0 Å². The Hall–Kier alpha value is -2.59. The van der Waals surface area contributed by atoms with E-state index in [-0.39, 0.29) is 5.91 Å². The van der Waals surface area contributed by atoms with Crippen LogP contribution in [-0.2, 0) is 0 Å². The zero-order valence-electron chi connectivity index (χ0n) is 14.7. The fourth-order valence-corrected chi connectivity index (χ4v) is 3.68. The molecule has 0 radical (unpaired) electrons. The first-order valence-corrected chi connectivity index (χ1v) is 9.16. The largest absolute Gasteiger partial charge is 0.368 e. The summed E-state index contributed by atoms with van der Waals surface area (Å²) in [5.41, 5.74) is 3.58.